The summed E-state index contributed by atoms with van der Waals surface area (Å²) in [6.07, 6.45) is 1.98. The van der Waals surface area contributed by atoms with Crippen LogP contribution in [0.3, 0.4) is 0 Å². The molecule has 0 amide bonds. The molecule has 0 aliphatic carbocycles. The number of rotatable bonds is 8. The maximum atomic E-state index is 14.2. The van der Waals surface area contributed by atoms with Crippen LogP contribution in [0.4, 0.5) is 17.1 Å². The van der Waals surface area contributed by atoms with Gasteiger partial charge in [-0.2, -0.15) is 0 Å². The minimum Gasteiger partial charge on any atom is -0.497 e. The highest BCUT2D eigenvalue weighted by Gasteiger charge is 2.26. The van der Waals surface area contributed by atoms with Gasteiger partial charge in [-0.15, -0.1) is 0 Å². The van der Waals surface area contributed by atoms with Crippen molar-refractivity contribution in [1.82, 2.24) is 4.40 Å². The molecule has 0 aliphatic heterocycles. The maximum absolute atomic E-state index is 14.2. The molecule has 0 spiro atoms. The van der Waals surface area contributed by atoms with E-state index in [0.29, 0.717) is 17.8 Å². The van der Waals surface area contributed by atoms with Crippen LogP contribution in [0, 0.1) is 0 Å². The molecule has 6 rings (SSSR count). The number of carbonyl (C=O) groups is 1. The van der Waals surface area contributed by atoms with Crippen molar-refractivity contribution < 1.29 is 9.53 Å². The number of carbonyl (C=O) groups excluding carboxylic acids is 1. The quantitative estimate of drug-likeness (QED) is 0.179. The van der Waals surface area contributed by atoms with Gasteiger partial charge >= 0.3 is 0 Å². The normalized spacial score (nSPS) is 11.0. The second kappa shape index (κ2) is 10.7. The van der Waals surface area contributed by atoms with Crippen molar-refractivity contribution in [3.8, 4) is 5.75 Å². The van der Waals surface area contributed by atoms with Crippen molar-refractivity contribution >= 4 is 55.1 Å². The van der Waals surface area contributed by atoms with Gasteiger partial charge in [0, 0.05) is 33.9 Å². The molecule has 5 nitrogen and oxygen atoms in total. The monoisotopic (exact) mass is 575 g/mol. The van der Waals surface area contributed by atoms with Crippen LogP contribution in [0.2, 0.25) is 0 Å². The number of ether oxygens (including phenoxy) is 1. The van der Waals surface area contributed by atoms with E-state index >= 15 is 0 Å². The zero-order valence-electron chi connectivity index (χ0n) is 21.3. The standard InChI is InChI=1S/C33H26BrN3O2/c1-39-27-17-15-26(16-18-27)36-30-29(35-21-22-7-3-2-4-8-22)32(33(38)24-11-13-25(34)14-12-24)37-20-19-23-9-5-6-10-28(23)31(30)37/h2-20,35-36H,21H2,1H3. The average Bonchev–Trinajstić information content (AvgIpc) is 3.30. The highest BCUT2D eigenvalue weighted by molar-refractivity contribution is 9.10. The Kier molecular flexibility index (Phi) is 6.78. The Morgan fingerprint density at radius 1 is 0.821 bits per heavy atom. The van der Waals surface area contributed by atoms with E-state index in [9.17, 15) is 4.79 Å². The van der Waals surface area contributed by atoms with Gasteiger partial charge in [-0.3, -0.25) is 4.79 Å². The number of hydrogen-bond donors (Lipinski definition) is 2. The third-order valence-corrected chi connectivity index (χ3v) is 7.35. The van der Waals surface area contributed by atoms with Crippen LogP contribution < -0.4 is 15.4 Å². The first-order valence-corrected chi connectivity index (χ1v) is 13.5. The second-order valence-electron chi connectivity index (χ2n) is 9.25. The van der Waals surface area contributed by atoms with E-state index in [1.165, 1.54) is 0 Å². The summed E-state index contributed by atoms with van der Waals surface area (Å²) in [6, 6.07) is 35.8. The first-order valence-electron chi connectivity index (χ1n) is 12.7. The molecule has 6 heteroatoms. The molecule has 192 valence electrons. The lowest BCUT2D eigenvalue weighted by molar-refractivity contribution is 0.103. The second-order valence-corrected chi connectivity index (χ2v) is 10.2. The van der Waals surface area contributed by atoms with Crippen molar-refractivity contribution in [3.63, 3.8) is 0 Å². The van der Waals surface area contributed by atoms with Gasteiger partial charge in [0.15, 0.2) is 0 Å². The molecule has 2 N–H and O–H groups in total. The van der Waals surface area contributed by atoms with Gasteiger partial charge in [0.25, 0.3) is 0 Å². The third kappa shape index (κ3) is 4.87. The van der Waals surface area contributed by atoms with Crippen LogP contribution >= 0.6 is 15.9 Å². The maximum Gasteiger partial charge on any atom is 0.211 e. The van der Waals surface area contributed by atoms with Crippen LogP contribution in [0.15, 0.2) is 120 Å². The molecule has 0 saturated carbocycles. The summed E-state index contributed by atoms with van der Waals surface area (Å²) < 4.78 is 8.29. The number of benzene rings is 4. The SMILES string of the molecule is COc1ccc(Nc2c(NCc3ccccc3)c(C(=O)c3ccc(Br)cc3)n3ccc4ccccc4c23)cc1. The van der Waals surface area contributed by atoms with Gasteiger partial charge in [0.1, 0.15) is 11.4 Å². The summed E-state index contributed by atoms with van der Waals surface area (Å²) in [4.78, 5) is 14.2. The summed E-state index contributed by atoms with van der Waals surface area (Å²) in [5.41, 5.74) is 5.72. The van der Waals surface area contributed by atoms with E-state index in [2.05, 4.69) is 56.9 Å². The summed E-state index contributed by atoms with van der Waals surface area (Å²) in [5.74, 6) is 0.715. The average molecular weight is 576 g/mol. The Balaban J connectivity index is 1.59. The van der Waals surface area contributed by atoms with Crippen LogP contribution in [-0.2, 0) is 6.54 Å². The first kappa shape index (κ1) is 24.8. The van der Waals surface area contributed by atoms with Crippen LogP contribution in [0.5, 0.6) is 5.75 Å². The Morgan fingerprint density at radius 3 is 2.28 bits per heavy atom. The van der Waals surface area contributed by atoms with Crippen molar-refractivity contribution in [1.29, 1.82) is 0 Å². The molecule has 39 heavy (non-hydrogen) atoms. The summed E-state index contributed by atoms with van der Waals surface area (Å²) in [7, 11) is 1.65. The lowest BCUT2D eigenvalue weighted by Crippen LogP contribution is -2.10. The van der Waals surface area contributed by atoms with E-state index in [0.717, 1.165) is 49.1 Å². The number of fused-ring (bicyclic) bond motifs is 3. The number of nitrogens with one attached hydrogen (secondary N) is 2. The molecule has 0 fully saturated rings. The lowest BCUT2D eigenvalue weighted by atomic mass is 10.1. The smallest absolute Gasteiger partial charge is 0.211 e. The number of nitrogens with zero attached hydrogens (tertiary/aromatic N) is 1. The Bertz CT molecular complexity index is 1780. The van der Waals surface area contributed by atoms with Crippen molar-refractivity contribution in [2.45, 2.75) is 6.54 Å². The molecule has 0 aliphatic rings. The zero-order chi connectivity index (χ0) is 26.8. The first-order chi connectivity index (χ1) is 19.1. The molecule has 2 aromatic heterocycles. The number of anilines is 3. The van der Waals surface area contributed by atoms with E-state index in [1.807, 2.05) is 89.5 Å². The minimum atomic E-state index is -0.0638. The fourth-order valence-corrected chi connectivity index (χ4v) is 5.14. The molecular formula is C33H26BrN3O2. The molecular weight excluding hydrogens is 550 g/mol. The fraction of sp³-hybridized carbons (Fsp3) is 0.0606. The van der Waals surface area contributed by atoms with Gasteiger partial charge in [0.05, 0.1) is 24.0 Å². The molecule has 0 bridgehead atoms. The fourth-order valence-electron chi connectivity index (χ4n) is 4.88. The summed E-state index contributed by atoms with van der Waals surface area (Å²) in [5, 5.41) is 9.40. The van der Waals surface area contributed by atoms with Crippen LogP contribution in [0.25, 0.3) is 16.3 Å². The predicted octanol–water partition coefficient (Wildman–Crippen LogP) is 8.45. The largest absolute Gasteiger partial charge is 0.497 e. The molecule has 2 heterocycles. The molecule has 0 radical (unpaired) electrons. The highest BCUT2D eigenvalue weighted by atomic mass is 79.9. The summed E-state index contributed by atoms with van der Waals surface area (Å²) in [6.45, 7) is 0.563. The number of pyridine rings is 1. The molecule has 4 aromatic carbocycles. The predicted molar refractivity (Wildman–Crippen MR) is 163 cm³/mol. The lowest BCUT2D eigenvalue weighted by Gasteiger charge is -2.13. The Morgan fingerprint density at radius 2 is 1.54 bits per heavy atom. The van der Waals surface area contributed by atoms with Gasteiger partial charge in [-0.25, -0.2) is 0 Å². The molecule has 0 atom stereocenters. The van der Waals surface area contributed by atoms with Gasteiger partial charge in [0.2, 0.25) is 5.78 Å². The van der Waals surface area contributed by atoms with Crippen molar-refractivity contribution in [2.24, 2.45) is 0 Å². The van der Waals surface area contributed by atoms with Crippen LogP contribution in [0.1, 0.15) is 21.6 Å². The Hall–Kier alpha value is -4.55. The third-order valence-electron chi connectivity index (χ3n) is 6.82. The van der Waals surface area contributed by atoms with Crippen molar-refractivity contribution in [2.75, 3.05) is 17.7 Å². The minimum absolute atomic E-state index is 0.0638. The zero-order valence-corrected chi connectivity index (χ0v) is 22.9. The number of hydrogen-bond acceptors (Lipinski definition) is 4. The van der Waals surface area contributed by atoms with E-state index < -0.39 is 0 Å². The molecule has 6 aromatic rings. The molecule has 0 saturated heterocycles. The van der Waals surface area contributed by atoms with Crippen molar-refractivity contribution in [3.05, 3.63) is 137 Å². The Labute approximate surface area is 235 Å². The van der Waals surface area contributed by atoms with Gasteiger partial charge in [-0.05, 0) is 65.5 Å². The number of methoxy groups -OCH3 is 1. The highest BCUT2D eigenvalue weighted by Crippen LogP contribution is 2.41. The van der Waals surface area contributed by atoms with Gasteiger partial charge < -0.3 is 19.8 Å². The number of aromatic nitrogens is 1. The van der Waals surface area contributed by atoms with E-state index in [4.69, 9.17) is 4.74 Å². The van der Waals surface area contributed by atoms with E-state index in [-0.39, 0.29) is 5.78 Å². The summed E-state index contributed by atoms with van der Waals surface area (Å²) >= 11 is 3.49. The van der Waals surface area contributed by atoms with Gasteiger partial charge in [-0.1, -0.05) is 70.5 Å². The van der Waals surface area contributed by atoms with Crippen LogP contribution in [-0.4, -0.2) is 17.3 Å². The molecule has 0 unspecified atom stereocenters. The number of halogens is 1. The number of ketones is 1. The van der Waals surface area contributed by atoms with E-state index in [1.54, 1.807) is 7.11 Å². The topological polar surface area (TPSA) is 54.8 Å².